The zero-order valence-electron chi connectivity index (χ0n) is 15.2. The molecule has 0 aliphatic carbocycles. The molecular weight excluding hydrogens is 332 g/mol. The van der Waals surface area contributed by atoms with Crippen LogP contribution in [0.1, 0.15) is 0 Å². The Hall–Kier alpha value is -2.87. The minimum Gasteiger partial charge on any atom is -0.494 e. The van der Waals surface area contributed by atoms with Gasteiger partial charge in [0.05, 0.1) is 44.6 Å². The lowest BCUT2D eigenvalue weighted by molar-refractivity contribution is 0.122. The van der Waals surface area contributed by atoms with Gasteiger partial charge in [-0.2, -0.15) is 0 Å². The molecule has 0 amide bonds. The molecule has 4 rings (SSSR count). The van der Waals surface area contributed by atoms with Gasteiger partial charge in [-0.15, -0.1) is 0 Å². The second-order valence-electron chi connectivity index (χ2n) is 6.26. The van der Waals surface area contributed by atoms with E-state index >= 15 is 0 Å². The van der Waals surface area contributed by atoms with Gasteiger partial charge in [0.15, 0.2) is 0 Å². The van der Waals surface area contributed by atoms with Crippen molar-refractivity contribution in [1.82, 2.24) is 19.5 Å². The predicted molar refractivity (Wildman–Crippen MR) is 100 cm³/mol. The van der Waals surface area contributed by atoms with Crippen LogP contribution in [0.25, 0.3) is 11.0 Å². The van der Waals surface area contributed by atoms with E-state index in [1.165, 1.54) is 0 Å². The molecule has 0 bridgehead atoms. The SMILES string of the molecule is COc1cc(N2CCOCC2)ncc1N(C)c1cc2c(cn1)ncn2C. The van der Waals surface area contributed by atoms with E-state index in [9.17, 15) is 0 Å². The van der Waals surface area contributed by atoms with Crippen molar-refractivity contribution in [3.63, 3.8) is 0 Å². The number of hydrogen-bond acceptors (Lipinski definition) is 7. The van der Waals surface area contributed by atoms with Crippen LogP contribution < -0.4 is 14.5 Å². The molecule has 0 spiro atoms. The zero-order chi connectivity index (χ0) is 18.1. The molecule has 1 saturated heterocycles. The molecule has 0 unspecified atom stereocenters. The van der Waals surface area contributed by atoms with Crippen LogP contribution in [0.4, 0.5) is 17.3 Å². The molecule has 8 nitrogen and oxygen atoms in total. The third kappa shape index (κ3) is 2.92. The van der Waals surface area contributed by atoms with Crippen molar-refractivity contribution in [2.24, 2.45) is 7.05 Å². The Bertz CT molecular complexity index is 919. The highest BCUT2D eigenvalue weighted by Gasteiger charge is 2.18. The van der Waals surface area contributed by atoms with Crippen molar-refractivity contribution in [1.29, 1.82) is 0 Å². The van der Waals surface area contributed by atoms with Gasteiger partial charge in [-0.3, -0.25) is 0 Å². The molecule has 0 aromatic carbocycles. The van der Waals surface area contributed by atoms with E-state index in [4.69, 9.17) is 9.47 Å². The lowest BCUT2D eigenvalue weighted by Gasteiger charge is -2.29. The zero-order valence-corrected chi connectivity index (χ0v) is 15.2. The smallest absolute Gasteiger partial charge is 0.147 e. The van der Waals surface area contributed by atoms with E-state index in [-0.39, 0.29) is 0 Å². The fourth-order valence-electron chi connectivity index (χ4n) is 3.13. The van der Waals surface area contributed by atoms with Crippen LogP contribution in [0.15, 0.2) is 30.9 Å². The molecular formula is C18H22N6O2. The molecule has 1 aliphatic heterocycles. The summed E-state index contributed by atoms with van der Waals surface area (Å²) in [6.45, 7) is 3.12. The van der Waals surface area contributed by atoms with Crippen LogP contribution >= 0.6 is 0 Å². The second-order valence-corrected chi connectivity index (χ2v) is 6.26. The molecule has 4 heterocycles. The first-order valence-electron chi connectivity index (χ1n) is 8.55. The molecule has 0 atom stereocenters. The Morgan fingerprint density at radius 1 is 1.12 bits per heavy atom. The molecule has 8 heteroatoms. The van der Waals surface area contributed by atoms with Crippen LogP contribution in [0.3, 0.4) is 0 Å². The van der Waals surface area contributed by atoms with Gasteiger partial charge in [-0.1, -0.05) is 0 Å². The Labute approximate surface area is 152 Å². The van der Waals surface area contributed by atoms with Gasteiger partial charge in [-0.05, 0) is 0 Å². The fraction of sp³-hybridized carbons (Fsp3) is 0.389. The summed E-state index contributed by atoms with van der Waals surface area (Å²) in [5.74, 6) is 2.47. The molecule has 136 valence electrons. The third-order valence-corrected chi connectivity index (χ3v) is 4.69. The number of anilines is 3. The number of rotatable bonds is 4. The number of pyridine rings is 2. The van der Waals surface area contributed by atoms with Crippen LogP contribution in [0.5, 0.6) is 5.75 Å². The molecule has 3 aromatic heterocycles. The van der Waals surface area contributed by atoms with Crippen LogP contribution in [-0.2, 0) is 11.8 Å². The number of nitrogens with zero attached hydrogens (tertiary/aromatic N) is 6. The maximum atomic E-state index is 5.63. The lowest BCUT2D eigenvalue weighted by Crippen LogP contribution is -2.36. The summed E-state index contributed by atoms with van der Waals surface area (Å²) >= 11 is 0. The average molecular weight is 354 g/mol. The largest absolute Gasteiger partial charge is 0.494 e. The van der Waals surface area contributed by atoms with E-state index in [0.717, 1.165) is 60.4 Å². The topological polar surface area (TPSA) is 68.5 Å². The highest BCUT2D eigenvalue weighted by Crippen LogP contribution is 2.34. The van der Waals surface area contributed by atoms with Gasteiger partial charge in [0.1, 0.15) is 28.6 Å². The quantitative estimate of drug-likeness (QED) is 0.709. The first kappa shape index (κ1) is 16.6. The summed E-state index contributed by atoms with van der Waals surface area (Å²) in [5, 5.41) is 0. The van der Waals surface area contributed by atoms with E-state index in [0.29, 0.717) is 0 Å². The van der Waals surface area contributed by atoms with Crippen molar-refractivity contribution >= 4 is 28.4 Å². The number of methoxy groups -OCH3 is 1. The summed E-state index contributed by atoms with van der Waals surface area (Å²) in [6.07, 6.45) is 5.40. The Morgan fingerprint density at radius 2 is 1.92 bits per heavy atom. The number of fused-ring (bicyclic) bond motifs is 1. The van der Waals surface area contributed by atoms with Crippen molar-refractivity contribution < 1.29 is 9.47 Å². The van der Waals surface area contributed by atoms with Gasteiger partial charge in [-0.25, -0.2) is 15.0 Å². The molecule has 1 fully saturated rings. The van der Waals surface area contributed by atoms with E-state index in [1.807, 2.05) is 41.9 Å². The molecule has 0 N–H and O–H groups in total. The van der Waals surface area contributed by atoms with Gasteiger partial charge in [0.2, 0.25) is 0 Å². The van der Waals surface area contributed by atoms with E-state index < -0.39 is 0 Å². The summed E-state index contributed by atoms with van der Waals surface area (Å²) in [6, 6.07) is 3.98. The van der Waals surface area contributed by atoms with E-state index in [1.54, 1.807) is 19.6 Å². The normalized spacial score (nSPS) is 14.7. The van der Waals surface area contributed by atoms with Gasteiger partial charge < -0.3 is 23.8 Å². The highest BCUT2D eigenvalue weighted by molar-refractivity contribution is 5.79. The first-order chi connectivity index (χ1) is 12.7. The Kier molecular flexibility index (Phi) is 4.34. The van der Waals surface area contributed by atoms with Crippen LogP contribution in [0, 0.1) is 0 Å². The Balaban J connectivity index is 1.67. The summed E-state index contributed by atoms with van der Waals surface area (Å²) in [7, 11) is 5.60. The van der Waals surface area contributed by atoms with Crippen molar-refractivity contribution in [3.05, 3.63) is 30.9 Å². The minimum atomic E-state index is 0.723. The summed E-state index contributed by atoms with van der Waals surface area (Å²) in [5.41, 5.74) is 2.76. The number of aryl methyl sites for hydroxylation is 1. The standard InChI is InChI=1S/C18H22N6O2/c1-22-12-21-13-10-19-17(8-14(13)22)23(2)15-11-20-18(9-16(15)25-3)24-4-6-26-7-5-24/h8-12H,4-7H2,1-3H3. The van der Waals surface area contributed by atoms with Crippen LogP contribution in [0.2, 0.25) is 0 Å². The van der Waals surface area contributed by atoms with Crippen molar-refractivity contribution in [2.45, 2.75) is 0 Å². The molecule has 26 heavy (non-hydrogen) atoms. The average Bonchev–Trinajstić information content (AvgIpc) is 3.08. The Morgan fingerprint density at radius 3 is 2.69 bits per heavy atom. The highest BCUT2D eigenvalue weighted by atomic mass is 16.5. The molecule has 0 saturated carbocycles. The number of hydrogen-bond donors (Lipinski definition) is 0. The lowest BCUT2D eigenvalue weighted by atomic mass is 10.3. The second kappa shape index (κ2) is 6.80. The predicted octanol–water partition coefficient (Wildman–Crippen LogP) is 1.98. The number of imidazole rings is 1. The molecule has 0 radical (unpaired) electrons. The number of ether oxygens (including phenoxy) is 2. The maximum Gasteiger partial charge on any atom is 0.147 e. The maximum absolute atomic E-state index is 5.63. The molecule has 3 aromatic rings. The summed E-state index contributed by atoms with van der Waals surface area (Å²) < 4.78 is 13.0. The minimum absolute atomic E-state index is 0.723. The van der Waals surface area contributed by atoms with Crippen molar-refractivity contribution in [3.8, 4) is 5.75 Å². The summed E-state index contributed by atoms with van der Waals surface area (Å²) in [4.78, 5) is 17.7. The van der Waals surface area contributed by atoms with Gasteiger partial charge in [0.25, 0.3) is 0 Å². The third-order valence-electron chi connectivity index (χ3n) is 4.69. The van der Waals surface area contributed by atoms with Crippen molar-refractivity contribution in [2.75, 3.05) is 50.3 Å². The number of morpholine rings is 1. The molecule has 1 aliphatic rings. The van der Waals surface area contributed by atoms with Gasteiger partial charge >= 0.3 is 0 Å². The van der Waals surface area contributed by atoms with E-state index in [2.05, 4.69) is 19.9 Å². The van der Waals surface area contributed by atoms with Crippen LogP contribution in [-0.4, -0.2) is 60.0 Å². The first-order valence-corrected chi connectivity index (χ1v) is 8.55. The fourth-order valence-corrected chi connectivity index (χ4v) is 3.13. The monoisotopic (exact) mass is 354 g/mol. The van der Waals surface area contributed by atoms with Gasteiger partial charge in [0, 0.05) is 39.3 Å². The number of aromatic nitrogens is 4.